The molecule has 0 fully saturated rings. The van der Waals surface area contributed by atoms with E-state index < -0.39 is 0 Å². The Morgan fingerprint density at radius 2 is 1.48 bits per heavy atom. The number of Topliss-reactive ketones (excluding diaryl/α,β-unsaturated/α-hetero) is 1. The Morgan fingerprint density at radius 3 is 2.05 bits per heavy atom. The number of benzene rings is 2. The highest BCUT2D eigenvalue weighted by molar-refractivity contribution is 6.09. The second-order valence-corrected chi connectivity index (χ2v) is 5.02. The number of carbonyl (C=O) groups excluding carboxylic acids is 1. The Hall–Kier alpha value is -2.81. The first-order valence-electron chi connectivity index (χ1n) is 6.87. The van der Waals surface area contributed by atoms with Crippen LogP contribution in [0.3, 0.4) is 0 Å². The lowest BCUT2D eigenvalue weighted by molar-refractivity contribution is 0.0948. The molecule has 0 amide bonds. The number of para-hydroxylation sites is 2. The topological polar surface area (TPSA) is 35.1 Å². The molecule has 0 saturated carbocycles. The molecule has 0 saturated heterocycles. The normalized spacial score (nSPS) is 11.2. The molecule has 0 N–H and O–H groups in total. The van der Waals surface area contributed by atoms with Crippen LogP contribution >= 0.6 is 0 Å². The van der Waals surface area contributed by atoms with Crippen LogP contribution in [0.1, 0.15) is 10.6 Å². The highest BCUT2D eigenvalue weighted by atomic mass is 16.3. The van der Waals surface area contributed by atoms with Crippen molar-refractivity contribution < 1.29 is 9.21 Å². The Bertz CT molecular complexity index is 879. The van der Waals surface area contributed by atoms with Gasteiger partial charge in [-0.15, -0.1) is 0 Å². The van der Waals surface area contributed by atoms with Crippen LogP contribution < -0.4 is 0 Å². The maximum absolute atomic E-state index is 12.3. The van der Waals surface area contributed by atoms with Crippen LogP contribution in [0.15, 0.2) is 71.3 Å². The van der Waals surface area contributed by atoms with Gasteiger partial charge in [0, 0.05) is 21.8 Å². The molecule has 0 aliphatic rings. The molecule has 0 bridgehead atoms. The zero-order valence-electron chi connectivity index (χ0n) is 11.3. The van der Waals surface area contributed by atoms with Gasteiger partial charge in [-0.2, -0.15) is 0 Å². The summed E-state index contributed by atoms with van der Waals surface area (Å²) >= 11 is 0. The SMILES string of the molecule is O=C(Cn1c2ccccc2c2ccccc21)c1ccco1. The molecule has 0 aliphatic carbocycles. The molecule has 102 valence electrons. The van der Waals surface area contributed by atoms with Crippen molar-refractivity contribution in [3.8, 4) is 0 Å². The first-order chi connectivity index (χ1) is 10.3. The van der Waals surface area contributed by atoms with Crippen LogP contribution in [0.25, 0.3) is 21.8 Å². The largest absolute Gasteiger partial charge is 0.461 e. The quantitative estimate of drug-likeness (QED) is 0.523. The van der Waals surface area contributed by atoms with Crippen molar-refractivity contribution in [2.24, 2.45) is 0 Å². The van der Waals surface area contributed by atoms with E-state index in [1.807, 2.05) is 36.4 Å². The molecule has 21 heavy (non-hydrogen) atoms. The van der Waals surface area contributed by atoms with Gasteiger partial charge < -0.3 is 8.98 Å². The highest BCUT2D eigenvalue weighted by Gasteiger charge is 2.15. The van der Waals surface area contributed by atoms with Crippen molar-refractivity contribution in [2.75, 3.05) is 0 Å². The fraction of sp³-hybridized carbons (Fsp3) is 0.0556. The molecule has 0 aliphatic heterocycles. The van der Waals surface area contributed by atoms with E-state index in [9.17, 15) is 4.79 Å². The van der Waals surface area contributed by atoms with Gasteiger partial charge in [-0.25, -0.2) is 0 Å². The van der Waals surface area contributed by atoms with Crippen LogP contribution in [-0.4, -0.2) is 10.4 Å². The fourth-order valence-corrected chi connectivity index (χ4v) is 2.83. The van der Waals surface area contributed by atoms with Crippen molar-refractivity contribution in [3.05, 3.63) is 72.7 Å². The van der Waals surface area contributed by atoms with Crippen LogP contribution in [0.4, 0.5) is 0 Å². The number of ketones is 1. The van der Waals surface area contributed by atoms with Crippen molar-refractivity contribution in [1.29, 1.82) is 0 Å². The first kappa shape index (κ1) is 12.0. The van der Waals surface area contributed by atoms with Gasteiger partial charge in [-0.3, -0.25) is 4.79 Å². The predicted molar refractivity (Wildman–Crippen MR) is 82.5 cm³/mol. The Labute approximate surface area is 121 Å². The summed E-state index contributed by atoms with van der Waals surface area (Å²) in [6.07, 6.45) is 1.53. The molecule has 3 nitrogen and oxygen atoms in total. The number of nitrogens with zero attached hydrogens (tertiary/aromatic N) is 1. The van der Waals surface area contributed by atoms with Gasteiger partial charge in [0.05, 0.1) is 12.8 Å². The summed E-state index contributed by atoms with van der Waals surface area (Å²) in [5.74, 6) is 0.378. The monoisotopic (exact) mass is 275 g/mol. The van der Waals surface area contributed by atoms with Gasteiger partial charge in [0.2, 0.25) is 5.78 Å². The molecule has 0 atom stereocenters. The summed E-state index contributed by atoms with van der Waals surface area (Å²) in [5, 5.41) is 2.33. The molecule has 0 unspecified atom stereocenters. The molecular formula is C18H13NO2. The average molecular weight is 275 g/mol. The standard InChI is InChI=1S/C18H13NO2/c20-17(18-10-5-11-21-18)12-19-15-8-3-1-6-13(15)14-7-2-4-9-16(14)19/h1-11H,12H2. The number of hydrogen-bond donors (Lipinski definition) is 0. The van der Waals surface area contributed by atoms with E-state index in [0.29, 0.717) is 5.76 Å². The third-order valence-electron chi connectivity index (χ3n) is 3.78. The van der Waals surface area contributed by atoms with E-state index in [2.05, 4.69) is 16.7 Å². The van der Waals surface area contributed by atoms with Crippen LogP contribution in [0.2, 0.25) is 0 Å². The molecule has 2 aromatic heterocycles. The average Bonchev–Trinajstić information content (AvgIpc) is 3.15. The lowest BCUT2D eigenvalue weighted by Crippen LogP contribution is -2.09. The van der Waals surface area contributed by atoms with Gasteiger partial charge in [0.25, 0.3) is 0 Å². The summed E-state index contributed by atoms with van der Waals surface area (Å²) in [4.78, 5) is 12.3. The smallest absolute Gasteiger partial charge is 0.217 e. The third-order valence-corrected chi connectivity index (χ3v) is 3.78. The zero-order chi connectivity index (χ0) is 14.2. The lowest BCUT2D eigenvalue weighted by atomic mass is 10.2. The summed E-state index contributed by atoms with van der Waals surface area (Å²) in [5.41, 5.74) is 2.14. The summed E-state index contributed by atoms with van der Waals surface area (Å²) in [7, 11) is 0. The molecule has 4 rings (SSSR count). The molecule has 0 radical (unpaired) electrons. The van der Waals surface area contributed by atoms with Crippen LogP contribution in [-0.2, 0) is 6.54 Å². The second-order valence-electron chi connectivity index (χ2n) is 5.02. The Morgan fingerprint density at radius 1 is 0.857 bits per heavy atom. The second kappa shape index (κ2) is 4.63. The summed E-state index contributed by atoms with van der Waals surface area (Å²) in [6, 6.07) is 19.7. The number of rotatable bonds is 3. The molecule has 2 heterocycles. The van der Waals surface area contributed by atoms with E-state index in [1.165, 1.54) is 17.0 Å². The van der Waals surface area contributed by atoms with Gasteiger partial charge in [-0.05, 0) is 24.3 Å². The minimum absolute atomic E-state index is 0.0218. The minimum Gasteiger partial charge on any atom is -0.461 e. The van der Waals surface area contributed by atoms with Gasteiger partial charge in [0.15, 0.2) is 5.76 Å². The summed E-state index contributed by atoms with van der Waals surface area (Å²) < 4.78 is 7.26. The maximum atomic E-state index is 12.3. The molecule has 4 aromatic rings. The van der Waals surface area contributed by atoms with Crippen LogP contribution in [0, 0.1) is 0 Å². The summed E-state index contributed by atoms with van der Waals surface area (Å²) in [6.45, 7) is 0.279. The van der Waals surface area contributed by atoms with Crippen molar-refractivity contribution >= 4 is 27.6 Å². The van der Waals surface area contributed by atoms with Gasteiger partial charge >= 0.3 is 0 Å². The number of hydrogen-bond acceptors (Lipinski definition) is 2. The molecular weight excluding hydrogens is 262 g/mol. The third kappa shape index (κ3) is 1.86. The Balaban J connectivity index is 1.92. The first-order valence-corrected chi connectivity index (χ1v) is 6.87. The fourth-order valence-electron chi connectivity index (χ4n) is 2.83. The maximum Gasteiger partial charge on any atom is 0.217 e. The Kier molecular flexibility index (Phi) is 2.64. The van der Waals surface area contributed by atoms with E-state index >= 15 is 0 Å². The van der Waals surface area contributed by atoms with Crippen molar-refractivity contribution in [2.45, 2.75) is 6.54 Å². The molecule has 3 heteroatoms. The number of fused-ring (bicyclic) bond motifs is 3. The molecule has 2 aromatic carbocycles. The predicted octanol–water partition coefficient (Wildman–Crippen LogP) is 4.27. The lowest BCUT2D eigenvalue weighted by Gasteiger charge is -2.05. The van der Waals surface area contributed by atoms with E-state index in [4.69, 9.17) is 4.42 Å². The van der Waals surface area contributed by atoms with Gasteiger partial charge in [-0.1, -0.05) is 36.4 Å². The van der Waals surface area contributed by atoms with Gasteiger partial charge in [0.1, 0.15) is 0 Å². The minimum atomic E-state index is -0.0218. The van der Waals surface area contributed by atoms with Crippen molar-refractivity contribution in [3.63, 3.8) is 0 Å². The van der Waals surface area contributed by atoms with Crippen molar-refractivity contribution in [1.82, 2.24) is 4.57 Å². The molecule has 0 spiro atoms. The zero-order valence-corrected chi connectivity index (χ0v) is 11.3. The van der Waals surface area contributed by atoms with E-state index in [-0.39, 0.29) is 12.3 Å². The van der Waals surface area contributed by atoms with Crippen LogP contribution in [0.5, 0.6) is 0 Å². The van der Waals surface area contributed by atoms with E-state index in [0.717, 1.165) is 11.0 Å². The van der Waals surface area contributed by atoms with E-state index in [1.54, 1.807) is 12.1 Å². The number of furan rings is 1. The number of carbonyl (C=O) groups is 1. The highest BCUT2D eigenvalue weighted by Crippen LogP contribution is 2.28. The number of aromatic nitrogens is 1.